The van der Waals surface area contributed by atoms with Gasteiger partial charge in [0.05, 0.1) is 12.7 Å². The third kappa shape index (κ3) is 9.52. The molecular formula is C10H22N2O3. The van der Waals surface area contributed by atoms with Gasteiger partial charge in [-0.05, 0) is 13.5 Å². The van der Waals surface area contributed by atoms with E-state index in [9.17, 15) is 5.11 Å². The quantitative estimate of drug-likeness (QED) is 0.385. The SMILES string of the molecule is C=C(NOCC(O)CNC(C)C)OCC. The lowest BCUT2D eigenvalue weighted by atomic mass is 10.3. The summed E-state index contributed by atoms with van der Waals surface area (Å²) in [5.41, 5.74) is 2.50. The molecule has 5 heteroatoms. The van der Waals surface area contributed by atoms with Crippen molar-refractivity contribution in [3.05, 3.63) is 12.5 Å². The summed E-state index contributed by atoms with van der Waals surface area (Å²) in [4.78, 5) is 4.98. The summed E-state index contributed by atoms with van der Waals surface area (Å²) >= 11 is 0. The molecule has 0 spiro atoms. The first-order valence-corrected chi connectivity index (χ1v) is 5.17. The fourth-order valence-electron chi connectivity index (χ4n) is 0.853. The third-order valence-corrected chi connectivity index (χ3v) is 1.54. The lowest BCUT2D eigenvalue weighted by molar-refractivity contribution is -0.0297. The van der Waals surface area contributed by atoms with Gasteiger partial charge >= 0.3 is 0 Å². The van der Waals surface area contributed by atoms with Crippen molar-refractivity contribution in [3.63, 3.8) is 0 Å². The van der Waals surface area contributed by atoms with Gasteiger partial charge < -0.3 is 15.2 Å². The lowest BCUT2D eigenvalue weighted by Crippen LogP contribution is -2.35. The van der Waals surface area contributed by atoms with Crippen LogP contribution < -0.4 is 10.8 Å². The third-order valence-electron chi connectivity index (χ3n) is 1.54. The zero-order chi connectivity index (χ0) is 11.7. The number of aliphatic hydroxyl groups excluding tert-OH is 1. The summed E-state index contributed by atoms with van der Waals surface area (Å²) in [5.74, 6) is 0.349. The molecule has 0 radical (unpaired) electrons. The highest BCUT2D eigenvalue weighted by Gasteiger charge is 2.05. The first-order valence-electron chi connectivity index (χ1n) is 5.17. The van der Waals surface area contributed by atoms with Crippen LogP contribution in [0.15, 0.2) is 12.5 Å². The summed E-state index contributed by atoms with van der Waals surface area (Å²) in [5, 5.41) is 12.5. The molecule has 0 heterocycles. The van der Waals surface area contributed by atoms with Crippen LogP contribution in [0.5, 0.6) is 0 Å². The van der Waals surface area contributed by atoms with E-state index >= 15 is 0 Å². The van der Waals surface area contributed by atoms with Crippen LogP contribution in [0.4, 0.5) is 0 Å². The van der Waals surface area contributed by atoms with Crippen LogP contribution in [0.2, 0.25) is 0 Å². The fourth-order valence-corrected chi connectivity index (χ4v) is 0.853. The minimum absolute atomic E-state index is 0.186. The van der Waals surface area contributed by atoms with Gasteiger partial charge in [0.1, 0.15) is 6.61 Å². The molecular weight excluding hydrogens is 196 g/mol. The molecule has 3 N–H and O–H groups in total. The number of aliphatic hydroxyl groups is 1. The zero-order valence-corrected chi connectivity index (χ0v) is 9.75. The predicted octanol–water partition coefficient (Wildman–Crippen LogP) is 0.374. The molecule has 0 aromatic heterocycles. The van der Waals surface area contributed by atoms with Crippen molar-refractivity contribution in [1.82, 2.24) is 10.8 Å². The smallest absolute Gasteiger partial charge is 0.203 e. The average molecular weight is 218 g/mol. The normalized spacial score (nSPS) is 12.6. The highest BCUT2D eigenvalue weighted by molar-refractivity contribution is 4.73. The lowest BCUT2D eigenvalue weighted by Gasteiger charge is -2.15. The molecule has 0 aliphatic rings. The van der Waals surface area contributed by atoms with Crippen molar-refractivity contribution >= 4 is 0 Å². The van der Waals surface area contributed by atoms with Gasteiger partial charge in [-0.2, -0.15) is 0 Å². The van der Waals surface area contributed by atoms with Crippen LogP contribution in [-0.2, 0) is 9.57 Å². The molecule has 0 aromatic rings. The van der Waals surface area contributed by atoms with E-state index in [-0.39, 0.29) is 6.61 Å². The molecule has 0 aliphatic carbocycles. The van der Waals surface area contributed by atoms with E-state index in [1.807, 2.05) is 20.8 Å². The number of ether oxygens (including phenoxy) is 1. The molecule has 1 atom stereocenters. The monoisotopic (exact) mass is 218 g/mol. The second-order valence-electron chi connectivity index (χ2n) is 3.49. The summed E-state index contributed by atoms with van der Waals surface area (Å²) in [6.45, 7) is 10.7. The maximum atomic E-state index is 9.44. The van der Waals surface area contributed by atoms with Crippen molar-refractivity contribution in [2.24, 2.45) is 0 Å². The molecule has 0 saturated heterocycles. The van der Waals surface area contributed by atoms with Crippen molar-refractivity contribution in [3.8, 4) is 0 Å². The Balaban J connectivity index is 3.38. The van der Waals surface area contributed by atoms with E-state index in [2.05, 4.69) is 17.4 Å². The maximum absolute atomic E-state index is 9.44. The van der Waals surface area contributed by atoms with Gasteiger partial charge in [-0.25, -0.2) is 5.48 Å². The van der Waals surface area contributed by atoms with Crippen molar-refractivity contribution in [1.29, 1.82) is 0 Å². The van der Waals surface area contributed by atoms with Gasteiger partial charge in [0.25, 0.3) is 0 Å². The van der Waals surface area contributed by atoms with Crippen LogP contribution >= 0.6 is 0 Å². The number of hydrogen-bond donors (Lipinski definition) is 3. The van der Waals surface area contributed by atoms with Gasteiger partial charge in [0, 0.05) is 12.6 Å². The van der Waals surface area contributed by atoms with Crippen LogP contribution in [-0.4, -0.2) is 37.0 Å². The van der Waals surface area contributed by atoms with Gasteiger partial charge in [0.15, 0.2) is 0 Å². The van der Waals surface area contributed by atoms with Gasteiger partial charge in [0.2, 0.25) is 5.88 Å². The minimum Gasteiger partial charge on any atom is -0.478 e. The van der Waals surface area contributed by atoms with E-state index in [1.54, 1.807) is 0 Å². The second-order valence-corrected chi connectivity index (χ2v) is 3.49. The van der Waals surface area contributed by atoms with Gasteiger partial charge in [-0.15, -0.1) is 0 Å². The van der Waals surface area contributed by atoms with Crippen molar-refractivity contribution in [2.45, 2.75) is 32.9 Å². The van der Waals surface area contributed by atoms with Crippen LogP contribution in [0.25, 0.3) is 0 Å². The highest BCUT2D eigenvalue weighted by Crippen LogP contribution is 1.89. The molecule has 0 rings (SSSR count). The predicted molar refractivity (Wildman–Crippen MR) is 59.0 cm³/mol. The largest absolute Gasteiger partial charge is 0.478 e. The van der Waals surface area contributed by atoms with Gasteiger partial charge in [-0.1, -0.05) is 13.8 Å². The molecule has 5 nitrogen and oxygen atoms in total. The number of rotatable bonds is 9. The topological polar surface area (TPSA) is 62.8 Å². The molecule has 0 saturated carbocycles. The molecule has 0 bridgehead atoms. The van der Waals surface area contributed by atoms with Crippen LogP contribution in [0.1, 0.15) is 20.8 Å². The Morgan fingerprint density at radius 1 is 1.47 bits per heavy atom. The standard InChI is InChI=1S/C10H22N2O3/c1-5-14-9(4)12-15-7-10(13)6-11-8(2)3/h8,10-13H,4-7H2,1-3H3. The Labute approximate surface area is 91.4 Å². The van der Waals surface area contributed by atoms with E-state index in [0.29, 0.717) is 25.1 Å². The Kier molecular flexibility index (Phi) is 8.08. The number of hydroxylamine groups is 1. The number of nitrogens with one attached hydrogen (secondary N) is 2. The molecule has 15 heavy (non-hydrogen) atoms. The van der Waals surface area contributed by atoms with Crippen LogP contribution in [0.3, 0.4) is 0 Å². The van der Waals surface area contributed by atoms with E-state index < -0.39 is 6.10 Å². The Morgan fingerprint density at radius 3 is 2.67 bits per heavy atom. The summed E-state index contributed by atoms with van der Waals surface area (Å²) < 4.78 is 4.99. The average Bonchev–Trinajstić information content (AvgIpc) is 2.15. The van der Waals surface area contributed by atoms with E-state index in [0.717, 1.165) is 0 Å². The van der Waals surface area contributed by atoms with Crippen molar-refractivity contribution in [2.75, 3.05) is 19.8 Å². The number of hydrogen-bond acceptors (Lipinski definition) is 5. The molecule has 0 amide bonds. The summed E-state index contributed by atoms with van der Waals surface area (Å²) in [7, 11) is 0. The minimum atomic E-state index is -0.547. The first-order chi connectivity index (χ1) is 7.06. The Morgan fingerprint density at radius 2 is 2.13 bits per heavy atom. The maximum Gasteiger partial charge on any atom is 0.203 e. The van der Waals surface area contributed by atoms with Crippen molar-refractivity contribution < 1.29 is 14.7 Å². The molecule has 1 unspecified atom stereocenters. The fraction of sp³-hybridized carbons (Fsp3) is 0.800. The molecule has 0 aromatic carbocycles. The molecule has 0 aliphatic heterocycles. The Hall–Kier alpha value is -0.780. The molecule has 0 fully saturated rings. The highest BCUT2D eigenvalue weighted by atomic mass is 16.7. The molecule has 90 valence electrons. The van der Waals surface area contributed by atoms with E-state index in [4.69, 9.17) is 9.57 Å². The van der Waals surface area contributed by atoms with Crippen LogP contribution in [0, 0.1) is 0 Å². The Bertz CT molecular complexity index is 174. The summed E-state index contributed by atoms with van der Waals surface area (Å²) in [6.07, 6.45) is -0.547. The van der Waals surface area contributed by atoms with Gasteiger partial charge in [-0.3, -0.25) is 4.84 Å². The van der Waals surface area contributed by atoms with E-state index in [1.165, 1.54) is 0 Å². The summed E-state index contributed by atoms with van der Waals surface area (Å²) in [6, 6.07) is 0.353. The zero-order valence-electron chi connectivity index (χ0n) is 9.75. The second kappa shape index (κ2) is 8.52. The first kappa shape index (κ1) is 14.2.